The van der Waals surface area contributed by atoms with Crippen LogP contribution < -0.4 is 4.74 Å². The average molecular weight is 341 g/mol. The van der Waals surface area contributed by atoms with E-state index in [0.717, 1.165) is 43.7 Å². The number of hydrogen-bond acceptors (Lipinski definition) is 3. The van der Waals surface area contributed by atoms with E-state index < -0.39 is 0 Å². The fourth-order valence-electron chi connectivity index (χ4n) is 3.65. The number of piperidine rings is 1. The number of nitrogens with zero attached hydrogens (tertiary/aromatic N) is 3. The van der Waals surface area contributed by atoms with E-state index in [1.807, 2.05) is 36.5 Å². The third kappa shape index (κ3) is 4.62. The molecule has 0 unspecified atom stereocenters. The Morgan fingerprint density at radius 2 is 2.20 bits per heavy atom. The molecule has 1 aromatic carbocycles. The van der Waals surface area contributed by atoms with Crippen LogP contribution in [0.1, 0.15) is 30.4 Å². The van der Waals surface area contributed by atoms with Crippen molar-refractivity contribution in [2.45, 2.75) is 32.1 Å². The highest BCUT2D eigenvalue weighted by Gasteiger charge is 2.24. The van der Waals surface area contributed by atoms with Gasteiger partial charge in [-0.2, -0.15) is 5.10 Å². The van der Waals surface area contributed by atoms with E-state index in [4.69, 9.17) is 4.74 Å². The van der Waals surface area contributed by atoms with Gasteiger partial charge in [0.05, 0.1) is 13.3 Å². The second kappa shape index (κ2) is 8.19. The number of amides is 1. The average Bonchev–Trinajstić information content (AvgIpc) is 3.06. The number of aryl methyl sites for hydroxylation is 2. The standard InChI is InChI=1S/C20H27N3O2/c1-22-14-17(13-21-22)9-10-20(24)23-11-5-6-16(15-23)12-18-7-3-4-8-19(18)25-2/h3-4,7-8,13-14,16H,5-6,9-12,15H2,1-2H3/t16-/m1/s1. The van der Waals surface area contributed by atoms with Crippen molar-refractivity contribution < 1.29 is 9.53 Å². The molecule has 1 atom stereocenters. The maximum Gasteiger partial charge on any atom is 0.222 e. The normalized spacial score (nSPS) is 17.5. The third-order valence-electron chi connectivity index (χ3n) is 4.96. The van der Waals surface area contributed by atoms with Crippen LogP contribution in [0, 0.1) is 5.92 Å². The van der Waals surface area contributed by atoms with E-state index >= 15 is 0 Å². The molecule has 1 aliphatic heterocycles. The molecule has 0 N–H and O–H groups in total. The summed E-state index contributed by atoms with van der Waals surface area (Å²) in [7, 11) is 3.62. The van der Waals surface area contributed by atoms with E-state index in [1.54, 1.807) is 11.8 Å². The Kier molecular flexibility index (Phi) is 5.74. The molecule has 1 saturated heterocycles. The predicted molar refractivity (Wildman–Crippen MR) is 97.5 cm³/mol. The molecule has 0 bridgehead atoms. The van der Waals surface area contributed by atoms with Gasteiger partial charge in [0, 0.05) is 32.8 Å². The van der Waals surface area contributed by atoms with Crippen molar-refractivity contribution in [2.24, 2.45) is 13.0 Å². The number of likely N-dealkylation sites (tertiary alicyclic amines) is 1. The summed E-state index contributed by atoms with van der Waals surface area (Å²) < 4.78 is 7.24. The Morgan fingerprint density at radius 1 is 1.36 bits per heavy atom. The monoisotopic (exact) mass is 341 g/mol. The minimum Gasteiger partial charge on any atom is -0.496 e. The zero-order chi connectivity index (χ0) is 17.6. The maximum atomic E-state index is 12.6. The molecule has 5 heteroatoms. The molecule has 1 amide bonds. The van der Waals surface area contributed by atoms with Gasteiger partial charge in [-0.3, -0.25) is 9.48 Å². The van der Waals surface area contributed by atoms with Gasteiger partial charge >= 0.3 is 0 Å². The minimum absolute atomic E-state index is 0.258. The SMILES string of the molecule is COc1ccccc1C[C@H]1CCCN(C(=O)CCc2cnn(C)c2)C1. The van der Waals surface area contributed by atoms with Crippen molar-refractivity contribution in [3.05, 3.63) is 47.8 Å². The topological polar surface area (TPSA) is 47.4 Å². The number of carbonyl (C=O) groups is 1. The van der Waals surface area contributed by atoms with Gasteiger partial charge in [-0.05, 0) is 48.8 Å². The van der Waals surface area contributed by atoms with Crippen LogP contribution in [0.5, 0.6) is 5.75 Å². The summed E-state index contributed by atoms with van der Waals surface area (Å²) in [6.07, 6.45) is 8.37. The van der Waals surface area contributed by atoms with Crippen LogP contribution in [-0.4, -0.2) is 40.8 Å². The van der Waals surface area contributed by atoms with E-state index in [1.165, 1.54) is 12.0 Å². The van der Waals surface area contributed by atoms with Crippen LogP contribution in [-0.2, 0) is 24.7 Å². The highest BCUT2D eigenvalue weighted by molar-refractivity contribution is 5.76. The predicted octanol–water partition coefficient (Wildman–Crippen LogP) is 2.84. The van der Waals surface area contributed by atoms with Crippen LogP contribution >= 0.6 is 0 Å². The number of benzene rings is 1. The first-order chi connectivity index (χ1) is 12.2. The molecule has 134 valence electrons. The lowest BCUT2D eigenvalue weighted by molar-refractivity contribution is -0.132. The van der Waals surface area contributed by atoms with Crippen LogP contribution in [0.4, 0.5) is 0 Å². The number of ether oxygens (including phenoxy) is 1. The summed E-state index contributed by atoms with van der Waals surface area (Å²) in [5.74, 6) is 1.71. The largest absolute Gasteiger partial charge is 0.496 e. The molecule has 1 aliphatic rings. The summed E-state index contributed by atoms with van der Waals surface area (Å²) in [6.45, 7) is 1.73. The molecule has 2 heterocycles. The van der Waals surface area contributed by atoms with Gasteiger partial charge in [-0.15, -0.1) is 0 Å². The second-order valence-corrected chi connectivity index (χ2v) is 6.89. The Bertz CT molecular complexity index is 710. The zero-order valence-electron chi connectivity index (χ0n) is 15.1. The van der Waals surface area contributed by atoms with E-state index in [2.05, 4.69) is 17.2 Å². The van der Waals surface area contributed by atoms with Crippen molar-refractivity contribution >= 4 is 5.91 Å². The van der Waals surface area contributed by atoms with Crippen LogP contribution in [0.3, 0.4) is 0 Å². The van der Waals surface area contributed by atoms with Crippen molar-refractivity contribution in [2.75, 3.05) is 20.2 Å². The fraction of sp³-hybridized carbons (Fsp3) is 0.500. The third-order valence-corrected chi connectivity index (χ3v) is 4.96. The molecule has 0 spiro atoms. The Hall–Kier alpha value is -2.30. The molecular weight excluding hydrogens is 314 g/mol. The quantitative estimate of drug-likeness (QED) is 0.812. The molecule has 2 aromatic rings. The second-order valence-electron chi connectivity index (χ2n) is 6.89. The lowest BCUT2D eigenvalue weighted by Gasteiger charge is -2.33. The smallest absolute Gasteiger partial charge is 0.222 e. The van der Waals surface area contributed by atoms with Crippen molar-refractivity contribution in [1.29, 1.82) is 0 Å². The number of methoxy groups -OCH3 is 1. The van der Waals surface area contributed by atoms with Gasteiger partial charge in [-0.1, -0.05) is 18.2 Å². The van der Waals surface area contributed by atoms with Gasteiger partial charge in [0.1, 0.15) is 5.75 Å². The van der Waals surface area contributed by atoms with Crippen molar-refractivity contribution in [3.8, 4) is 5.75 Å². The van der Waals surface area contributed by atoms with E-state index in [0.29, 0.717) is 12.3 Å². The number of para-hydroxylation sites is 1. The highest BCUT2D eigenvalue weighted by Crippen LogP contribution is 2.26. The van der Waals surface area contributed by atoms with Gasteiger partial charge in [-0.25, -0.2) is 0 Å². The molecule has 1 aromatic heterocycles. The molecule has 25 heavy (non-hydrogen) atoms. The molecule has 0 saturated carbocycles. The first-order valence-corrected chi connectivity index (χ1v) is 9.03. The molecule has 5 nitrogen and oxygen atoms in total. The maximum absolute atomic E-state index is 12.6. The van der Waals surface area contributed by atoms with Gasteiger partial charge in [0.15, 0.2) is 0 Å². The lowest BCUT2D eigenvalue weighted by Crippen LogP contribution is -2.40. The Labute approximate surface area is 149 Å². The van der Waals surface area contributed by atoms with Crippen LogP contribution in [0.2, 0.25) is 0 Å². The summed E-state index contributed by atoms with van der Waals surface area (Å²) in [5, 5.41) is 4.16. The Balaban J connectivity index is 1.54. The van der Waals surface area contributed by atoms with Gasteiger partial charge in [0.25, 0.3) is 0 Å². The van der Waals surface area contributed by atoms with E-state index in [-0.39, 0.29) is 5.91 Å². The van der Waals surface area contributed by atoms with E-state index in [9.17, 15) is 4.79 Å². The lowest BCUT2D eigenvalue weighted by atomic mass is 9.90. The van der Waals surface area contributed by atoms with Gasteiger partial charge in [0.2, 0.25) is 5.91 Å². The van der Waals surface area contributed by atoms with Crippen molar-refractivity contribution in [3.63, 3.8) is 0 Å². The van der Waals surface area contributed by atoms with Crippen LogP contribution in [0.25, 0.3) is 0 Å². The number of aromatic nitrogens is 2. The van der Waals surface area contributed by atoms with Crippen molar-refractivity contribution in [1.82, 2.24) is 14.7 Å². The minimum atomic E-state index is 0.258. The molecule has 0 radical (unpaired) electrons. The molecule has 3 rings (SSSR count). The van der Waals surface area contributed by atoms with Crippen LogP contribution in [0.15, 0.2) is 36.7 Å². The Morgan fingerprint density at radius 3 is 2.96 bits per heavy atom. The number of hydrogen-bond donors (Lipinski definition) is 0. The summed E-state index contributed by atoms with van der Waals surface area (Å²) in [6, 6.07) is 8.19. The number of rotatable bonds is 6. The zero-order valence-corrected chi connectivity index (χ0v) is 15.1. The summed E-state index contributed by atoms with van der Waals surface area (Å²) >= 11 is 0. The molecule has 0 aliphatic carbocycles. The fourth-order valence-corrected chi connectivity index (χ4v) is 3.65. The van der Waals surface area contributed by atoms with Gasteiger partial charge < -0.3 is 9.64 Å². The highest BCUT2D eigenvalue weighted by atomic mass is 16.5. The summed E-state index contributed by atoms with van der Waals surface area (Å²) in [5.41, 5.74) is 2.36. The first kappa shape index (κ1) is 17.5. The number of carbonyl (C=O) groups excluding carboxylic acids is 1. The first-order valence-electron chi connectivity index (χ1n) is 9.03. The summed E-state index contributed by atoms with van der Waals surface area (Å²) in [4.78, 5) is 14.6. The molecular formula is C20H27N3O2. The molecule has 1 fully saturated rings.